The fourth-order valence-corrected chi connectivity index (χ4v) is 1.15. The lowest BCUT2D eigenvalue weighted by Gasteiger charge is -2.11. The molecule has 1 atom stereocenters. The SMILES string of the molecule is NCC[C@@H](O)c1c(F)ccc(F)c1F. The lowest BCUT2D eigenvalue weighted by Crippen LogP contribution is -2.11. The first kappa shape index (κ1) is 11.0. The fourth-order valence-electron chi connectivity index (χ4n) is 1.15. The van der Waals surface area contributed by atoms with E-state index < -0.39 is 29.1 Å². The highest BCUT2D eigenvalue weighted by atomic mass is 19.2. The summed E-state index contributed by atoms with van der Waals surface area (Å²) in [4.78, 5) is 0. The second kappa shape index (κ2) is 4.43. The standard InChI is InChI=1S/C9H10F3NO/c10-5-1-2-6(11)9(12)8(5)7(14)3-4-13/h1-2,7,14H,3-4,13H2/t7-/m1/s1. The Morgan fingerprint density at radius 3 is 2.36 bits per heavy atom. The van der Waals surface area contributed by atoms with Crippen molar-refractivity contribution in [1.29, 1.82) is 0 Å². The predicted molar refractivity (Wildman–Crippen MR) is 44.9 cm³/mol. The Kier molecular flexibility index (Phi) is 3.49. The number of rotatable bonds is 3. The number of aliphatic hydroxyl groups is 1. The molecule has 1 aromatic carbocycles. The lowest BCUT2D eigenvalue weighted by molar-refractivity contribution is 0.159. The molecule has 0 spiro atoms. The van der Waals surface area contributed by atoms with Crippen LogP contribution in [0.1, 0.15) is 18.1 Å². The third kappa shape index (κ3) is 2.05. The minimum atomic E-state index is -1.41. The quantitative estimate of drug-likeness (QED) is 0.734. The van der Waals surface area contributed by atoms with E-state index in [1.807, 2.05) is 0 Å². The van der Waals surface area contributed by atoms with Gasteiger partial charge in [-0.25, -0.2) is 13.2 Å². The van der Waals surface area contributed by atoms with E-state index in [1.165, 1.54) is 0 Å². The van der Waals surface area contributed by atoms with E-state index in [0.29, 0.717) is 6.07 Å². The monoisotopic (exact) mass is 205 g/mol. The molecule has 5 heteroatoms. The first-order chi connectivity index (χ1) is 6.57. The van der Waals surface area contributed by atoms with E-state index in [0.717, 1.165) is 6.07 Å². The maximum Gasteiger partial charge on any atom is 0.167 e. The third-order valence-electron chi connectivity index (χ3n) is 1.85. The summed E-state index contributed by atoms with van der Waals surface area (Å²) in [6.45, 7) is 0.0660. The molecule has 0 aliphatic rings. The molecule has 0 unspecified atom stereocenters. The Morgan fingerprint density at radius 2 is 1.79 bits per heavy atom. The molecule has 0 bridgehead atoms. The van der Waals surface area contributed by atoms with Crippen LogP contribution in [0.15, 0.2) is 12.1 Å². The van der Waals surface area contributed by atoms with Crippen molar-refractivity contribution in [3.05, 3.63) is 35.1 Å². The smallest absolute Gasteiger partial charge is 0.167 e. The summed E-state index contributed by atoms with van der Waals surface area (Å²) in [6, 6.07) is 1.44. The van der Waals surface area contributed by atoms with Gasteiger partial charge in [-0.1, -0.05) is 0 Å². The van der Waals surface area contributed by atoms with E-state index in [-0.39, 0.29) is 13.0 Å². The molecule has 0 aliphatic carbocycles. The van der Waals surface area contributed by atoms with Crippen LogP contribution >= 0.6 is 0 Å². The van der Waals surface area contributed by atoms with Crippen LogP contribution in [0.5, 0.6) is 0 Å². The second-order valence-corrected chi connectivity index (χ2v) is 2.85. The van der Waals surface area contributed by atoms with E-state index in [1.54, 1.807) is 0 Å². The summed E-state index contributed by atoms with van der Waals surface area (Å²) in [6.07, 6.45) is -1.42. The summed E-state index contributed by atoms with van der Waals surface area (Å²) in [5, 5.41) is 9.28. The average Bonchev–Trinajstić information content (AvgIpc) is 2.13. The highest BCUT2D eigenvalue weighted by Crippen LogP contribution is 2.24. The molecule has 2 nitrogen and oxygen atoms in total. The van der Waals surface area contributed by atoms with Gasteiger partial charge in [0, 0.05) is 0 Å². The van der Waals surface area contributed by atoms with Crippen LogP contribution in [0.25, 0.3) is 0 Å². The van der Waals surface area contributed by atoms with Gasteiger partial charge in [-0.3, -0.25) is 0 Å². The molecule has 78 valence electrons. The Hall–Kier alpha value is -1.07. The maximum atomic E-state index is 13.0. The van der Waals surface area contributed by atoms with Crippen molar-refractivity contribution in [3.63, 3.8) is 0 Å². The third-order valence-corrected chi connectivity index (χ3v) is 1.85. The summed E-state index contributed by atoms with van der Waals surface area (Å²) < 4.78 is 38.7. The van der Waals surface area contributed by atoms with Crippen LogP contribution in [0.3, 0.4) is 0 Å². The van der Waals surface area contributed by atoms with Crippen LogP contribution < -0.4 is 5.73 Å². The zero-order valence-corrected chi connectivity index (χ0v) is 7.30. The number of nitrogens with two attached hydrogens (primary N) is 1. The van der Waals surface area contributed by atoms with Gasteiger partial charge in [0.1, 0.15) is 5.82 Å². The van der Waals surface area contributed by atoms with Gasteiger partial charge in [-0.05, 0) is 25.1 Å². The lowest BCUT2D eigenvalue weighted by atomic mass is 10.1. The van der Waals surface area contributed by atoms with Crippen LogP contribution in [-0.2, 0) is 0 Å². The van der Waals surface area contributed by atoms with Crippen LogP contribution in [-0.4, -0.2) is 11.7 Å². The molecule has 0 amide bonds. The van der Waals surface area contributed by atoms with Crippen LogP contribution in [0.4, 0.5) is 13.2 Å². The van der Waals surface area contributed by atoms with Crippen molar-refractivity contribution < 1.29 is 18.3 Å². The molecule has 0 aliphatic heterocycles. The minimum Gasteiger partial charge on any atom is -0.388 e. The zero-order valence-electron chi connectivity index (χ0n) is 7.30. The second-order valence-electron chi connectivity index (χ2n) is 2.85. The number of aliphatic hydroxyl groups excluding tert-OH is 1. The first-order valence-electron chi connectivity index (χ1n) is 4.09. The van der Waals surface area contributed by atoms with Gasteiger partial charge in [-0.15, -0.1) is 0 Å². The molecule has 0 aromatic heterocycles. The average molecular weight is 205 g/mol. The van der Waals surface area contributed by atoms with Gasteiger partial charge < -0.3 is 10.8 Å². The van der Waals surface area contributed by atoms with Gasteiger partial charge in [-0.2, -0.15) is 0 Å². The van der Waals surface area contributed by atoms with Crippen molar-refractivity contribution in [2.75, 3.05) is 6.54 Å². The van der Waals surface area contributed by atoms with Crippen molar-refractivity contribution in [2.24, 2.45) is 5.73 Å². The Labute approximate surface area is 79.2 Å². The van der Waals surface area contributed by atoms with E-state index >= 15 is 0 Å². The van der Waals surface area contributed by atoms with Gasteiger partial charge in [0.15, 0.2) is 11.6 Å². The van der Waals surface area contributed by atoms with Crippen molar-refractivity contribution in [1.82, 2.24) is 0 Å². The molecule has 0 saturated heterocycles. The number of benzene rings is 1. The van der Waals surface area contributed by atoms with E-state index in [9.17, 15) is 18.3 Å². The summed E-state index contributed by atoms with van der Waals surface area (Å²) >= 11 is 0. The molecule has 0 radical (unpaired) electrons. The number of hydrogen-bond donors (Lipinski definition) is 2. The normalized spacial score (nSPS) is 12.9. The Bertz CT molecular complexity index is 330. The Balaban J connectivity index is 3.11. The number of halogens is 3. The molecular weight excluding hydrogens is 195 g/mol. The molecule has 14 heavy (non-hydrogen) atoms. The van der Waals surface area contributed by atoms with Gasteiger partial charge >= 0.3 is 0 Å². The minimum absolute atomic E-state index is 0.0166. The highest BCUT2D eigenvalue weighted by molar-refractivity contribution is 5.23. The largest absolute Gasteiger partial charge is 0.388 e. The molecule has 0 fully saturated rings. The fraction of sp³-hybridized carbons (Fsp3) is 0.333. The van der Waals surface area contributed by atoms with E-state index in [4.69, 9.17) is 5.73 Å². The molecule has 3 N–H and O–H groups in total. The summed E-state index contributed by atoms with van der Waals surface area (Å²) in [5.74, 6) is -3.51. The summed E-state index contributed by atoms with van der Waals surface area (Å²) in [7, 11) is 0. The van der Waals surface area contributed by atoms with Crippen LogP contribution in [0.2, 0.25) is 0 Å². The molecule has 0 heterocycles. The molecule has 1 rings (SSSR count). The van der Waals surface area contributed by atoms with Crippen molar-refractivity contribution in [3.8, 4) is 0 Å². The molecule has 0 saturated carbocycles. The topological polar surface area (TPSA) is 46.2 Å². The number of hydrogen-bond acceptors (Lipinski definition) is 2. The van der Waals surface area contributed by atoms with Gasteiger partial charge in [0.25, 0.3) is 0 Å². The predicted octanol–water partition coefficient (Wildman–Crippen LogP) is 1.49. The molecule has 1 aromatic rings. The Morgan fingerprint density at radius 1 is 1.21 bits per heavy atom. The maximum absolute atomic E-state index is 13.0. The van der Waals surface area contributed by atoms with Crippen molar-refractivity contribution >= 4 is 0 Å². The van der Waals surface area contributed by atoms with Gasteiger partial charge in [0.2, 0.25) is 0 Å². The zero-order chi connectivity index (χ0) is 10.7. The molecular formula is C9H10F3NO. The van der Waals surface area contributed by atoms with Crippen molar-refractivity contribution in [2.45, 2.75) is 12.5 Å². The first-order valence-corrected chi connectivity index (χ1v) is 4.09. The van der Waals surface area contributed by atoms with Crippen LogP contribution in [0, 0.1) is 17.5 Å². The van der Waals surface area contributed by atoms with Gasteiger partial charge in [0.05, 0.1) is 11.7 Å². The van der Waals surface area contributed by atoms with E-state index in [2.05, 4.69) is 0 Å². The highest BCUT2D eigenvalue weighted by Gasteiger charge is 2.20. The summed E-state index contributed by atoms with van der Waals surface area (Å²) in [5.41, 5.74) is 4.45.